The fourth-order valence-corrected chi connectivity index (χ4v) is 2.66. The summed E-state index contributed by atoms with van der Waals surface area (Å²) < 4.78 is 15.4. The SMILES string of the molecule is Fc1cccc(Cn2c3cc4cc-3ccc42)c1. The maximum Gasteiger partial charge on any atom is 0.123 e. The van der Waals surface area contributed by atoms with E-state index >= 15 is 0 Å². The van der Waals surface area contributed by atoms with Crippen molar-refractivity contribution in [3.05, 3.63) is 59.9 Å². The molecule has 0 fully saturated rings. The highest BCUT2D eigenvalue weighted by Crippen LogP contribution is 2.37. The van der Waals surface area contributed by atoms with Gasteiger partial charge in [0, 0.05) is 23.1 Å². The molecule has 2 aromatic carbocycles. The van der Waals surface area contributed by atoms with Crippen LogP contribution < -0.4 is 0 Å². The predicted molar refractivity (Wildman–Crippen MR) is 66.4 cm³/mol. The monoisotopic (exact) mass is 223 g/mol. The smallest absolute Gasteiger partial charge is 0.123 e. The quantitative estimate of drug-likeness (QED) is 0.487. The van der Waals surface area contributed by atoms with Crippen LogP contribution in [0.2, 0.25) is 0 Å². The van der Waals surface area contributed by atoms with Crippen molar-refractivity contribution in [2.75, 3.05) is 0 Å². The highest BCUT2D eigenvalue weighted by Gasteiger charge is 2.17. The van der Waals surface area contributed by atoms with E-state index in [-0.39, 0.29) is 5.82 Å². The highest BCUT2D eigenvalue weighted by molar-refractivity contribution is 5.96. The molecule has 2 heterocycles. The third-order valence-corrected chi connectivity index (χ3v) is 3.43. The van der Waals surface area contributed by atoms with E-state index in [1.54, 1.807) is 12.1 Å². The second-order valence-corrected chi connectivity index (χ2v) is 4.52. The van der Waals surface area contributed by atoms with Crippen LogP contribution in [0.5, 0.6) is 0 Å². The van der Waals surface area contributed by atoms with Crippen molar-refractivity contribution < 1.29 is 4.39 Å². The van der Waals surface area contributed by atoms with E-state index in [1.807, 2.05) is 6.07 Å². The molecule has 0 saturated heterocycles. The molecule has 17 heavy (non-hydrogen) atoms. The van der Waals surface area contributed by atoms with Gasteiger partial charge in [-0.15, -0.1) is 0 Å². The largest absolute Gasteiger partial charge is 0.336 e. The van der Waals surface area contributed by atoms with Gasteiger partial charge in [-0.25, -0.2) is 4.39 Å². The fourth-order valence-electron chi connectivity index (χ4n) is 2.66. The van der Waals surface area contributed by atoms with Crippen LogP contribution in [0.25, 0.3) is 22.2 Å². The molecular formula is C15H10FN. The summed E-state index contributed by atoms with van der Waals surface area (Å²) in [5.41, 5.74) is 4.76. The average molecular weight is 223 g/mol. The minimum atomic E-state index is -0.168. The summed E-state index contributed by atoms with van der Waals surface area (Å²) in [7, 11) is 0. The Labute approximate surface area is 98.1 Å². The van der Waals surface area contributed by atoms with E-state index in [2.05, 4.69) is 28.8 Å². The van der Waals surface area contributed by atoms with Crippen molar-refractivity contribution in [1.29, 1.82) is 0 Å². The van der Waals surface area contributed by atoms with Crippen LogP contribution in [0.3, 0.4) is 0 Å². The van der Waals surface area contributed by atoms with Gasteiger partial charge in [-0.2, -0.15) is 0 Å². The van der Waals surface area contributed by atoms with Gasteiger partial charge in [0.1, 0.15) is 5.82 Å². The lowest BCUT2D eigenvalue weighted by atomic mass is 10.1. The first-order valence-corrected chi connectivity index (χ1v) is 5.69. The zero-order valence-corrected chi connectivity index (χ0v) is 9.15. The van der Waals surface area contributed by atoms with E-state index in [9.17, 15) is 4.39 Å². The topological polar surface area (TPSA) is 4.93 Å². The van der Waals surface area contributed by atoms with E-state index in [4.69, 9.17) is 0 Å². The molecule has 2 heteroatoms. The number of pyridine rings is 2. The Morgan fingerprint density at radius 1 is 1.00 bits per heavy atom. The van der Waals surface area contributed by atoms with Crippen molar-refractivity contribution in [1.82, 2.24) is 4.57 Å². The number of hydrogen-bond acceptors (Lipinski definition) is 0. The van der Waals surface area contributed by atoms with Crippen LogP contribution in [-0.2, 0) is 6.54 Å². The van der Waals surface area contributed by atoms with E-state index in [1.165, 1.54) is 28.2 Å². The van der Waals surface area contributed by atoms with E-state index in [0.29, 0.717) is 0 Å². The first kappa shape index (κ1) is 8.99. The molecule has 0 amide bonds. The summed E-state index contributed by atoms with van der Waals surface area (Å²) in [6.07, 6.45) is 0. The van der Waals surface area contributed by atoms with Crippen molar-refractivity contribution in [2.24, 2.45) is 0 Å². The maximum absolute atomic E-state index is 13.1. The molecule has 4 bridgehead atoms. The third-order valence-electron chi connectivity index (χ3n) is 3.43. The van der Waals surface area contributed by atoms with Gasteiger partial charge >= 0.3 is 0 Å². The maximum atomic E-state index is 13.1. The second-order valence-electron chi connectivity index (χ2n) is 4.52. The van der Waals surface area contributed by atoms with Crippen molar-refractivity contribution in [3.8, 4) is 11.3 Å². The Morgan fingerprint density at radius 3 is 2.71 bits per heavy atom. The van der Waals surface area contributed by atoms with Gasteiger partial charge < -0.3 is 4.57 Å². The third kappa shape index (κ3) is 1.18. The van der Waals surface area contributed by atoms with Crippen LogP contribution in [0.15, 0.2) is 48.5 Å². The fraction of sp³-hybridized carbons (Fsp3) is 0.0667. The molecule has 0 N–H and O–H groups in total. The molecule has 1 aliphatic carbocycles. The van der Waals surface area contributed by atoms with Crippen LogP contribution in [0.4, 0.5) is 4.39 Å². The summed E-state index contributed by atoms with van der Waals surface area (Å²) in [6.45, 7) is 0.740. The predicted octanol–water partition coefficient (Wildman–Crippen LogP) is 3.81. The zero-order chi connectivity index (χ0) is 11.4. The normalized spacial score (nSPS) is 12.1. The highest BCUT2D eigenvalue weighted by atomic mass is 19.1. The molecule has 1 aliphatic heterocycles. The van der Waals surface area contributed by atoms with Gasteiger partial charge in [-0.05, 0) is 41.5 Å². The molecule has 5 rings (SSSR count). The Bertz CT molecular complexity index is 740. The zero-order valence-electron chi connectivity index (χ0n) is 9.15. The Kier molecular flexibility index (Phi) is 1.57. The number of fused-ring (bicyclic) bond motifs is 1. The number of hydrogen-bond donors (Lipinski definition) is 0. The molecule has 2 aliphatic rings. The van der Waals surface area contributed by atoms with Gasteiger partial charge in [0.25, 0.3) is 0 Å². The molecule has 0 spiro atoms. The molecule has 1 nitrogen and oxygen atoms in total. The van der Waals surface area contributed by atoms with Crippen LogP contribution >= 0.6 is 0 Å². The first-order chi connectivity index (χ1) is 8.31. The minimum Gasteiger partial charge on any atom is -0.336 e. The average Bonchev–Trinajstić information content (AvgIpc) is 2.82. The summed E-state index contributed by atoms with van der Waals surface area (Å²) in [6, 6.07) is 15.5. The minimum absolute atomic E-state index is 0.168. The number of aromatic nitrogens is 1. The van der Waals surface area contributed by atoms with Crippen molar-refractivity contribution >= 4 is 10.9 Å². The van der Waals surface area contributed by atoms with E-state index in [0.717, 1.165) is 12.1 Å². The Hall–Kier alpha value is -2.09. The molecule has 0 unspecified atom stereocenters. The molecule has 82 valence electrons. The molecule has 0 atom stereocenters. The number of halogens is 1. The molecule has 3 aromatic rings. The molecular weight excluding hydrogens is 213 g/mol. The Morgan fingerprint density at radius 2 is 1.94 bits per heavy atom. The molecule has 0 saturated carbocycles. The summed E-state index contributed by atoms with van der Waals surface area (Å²) in [5.74, 6) is -0.168. The van der Waals surface area contributed by atoms with Crippen molar-refractivity contribution in [2.45, 2.75) is 6.54 Å². The Balaban J connectivity index is 1.83. The number of rotatable bonds is 2. The standard InChI is InChI=1S/C15H10FN/c16-13-3-1-2-10(6-13)9-17-14-5-4-11-7-12(14)8-15(11)17/h1-8H,9H2. The van der Waals surface area contributed by atoms with Gasteiger partial charge in [0.05, 0.1) is 0 Å². The van der Waals surface area contributed by atoms with Gasteiger partial charge in [-0.3, -0.25) is 0 Å². The summed E-state index contributed by atoms with van der Waals surface area (Å²) in [5, 5.41) is 1.29. The molecule has 1 aromatic heterocycles. The second kappa shape index (κ2) is 2.98. The lowest BCUT2D eigenvalue weighted by Crippen LogP contribution is -2.04. The first-order valence-electron chi connectivity index (χ1n) is 5.69. The number of benzene rings is 2. The lowest BCUT2D eigenvalue weighted by Gasteiger charge is -2.15. The van der Waals surface area contributed by atoms with Crippen LogP contribution in [-0.4, -0.2) is 4.57 Å². The lowest BCUT2D eigenvalue weighted by molar-refractivity contribution is 0.624. The number of nitrogens with zero attached hydrogens (tertiary/aromatic N) is 1. The van der Waals surface area contributed by atoms with Gasteiger partial charge in [0.15, 0.2) is 0 Å². The summed E-state index contributed by atoms with van der Waals surface area (Å²) >= 11 is 0. The van der Waals surface area contributed by atoms with E-state index < -0.39 is 0 Å². The van der Waals surface area contributed by atoms with Gasteiger partial charge in [-0.1, -0.05) is 18.2 Å². The van der Waals surface area contributed by atoms with Crippen molar-refractivity contribution in [3.63, 3.8) is 0 Å². The van der Waals surface area contributed by atoms with Gasteiger partial charge in [0.2, 0.25) is 0 Å². The van der Waals surface area contributed by atoms with Crippen LogP contribution in [0, 0.1) is 5.82 Å². The van der Waals surface area contributed by atoms with Crippen LogP contribution in [0.1, 0.15) is 5.56 Å². The molecule has 0 radical (unpaired) electrons. The summed E-state index contributed by atoms with van der Waals surface area (Å²) in [4.78, 5) is 0.